The first-order chi connectivity index (χ1) is 35.5. The monoisotopic (exact) mass is 1040 g/mol. The molecule has 0 aliphatic heterocycles. The molecule has 0 spiro atoms. The number of nitrogens with zero attached hydrogens (tertiary/aromatic N) is 1. The maximum Gasteiger partial charge on any atom is 0.472 e. The van der Waals surface area contributed by atoms with Crippen molar-refractivity contribution in [1.82, 2.24) is 5.32 Å². The number of allylic oxidation sites excluding steroid dienone is 17. The zero-order valence-electron chi connectivity index (χ0n) is 47.8. The minimum absolute atomic E-state index is 0.0509. The van der Waals surface area contributed by atoms with Gasteiger partial charge in [-0.15, -0.1) is 0 Å². The Bertz CT molecular complexity index is 1550. The Kier molecular flexibility index (Phi) is 51.9. The Morgan fingerprint density at radius 1 is 0.479 bits per heavy atom. The number of nitrogens with one attached hydrogen (secondary N) is 1. The fourth-order valence-corrected chi connectivity index (χ4v) is 8.83. The number of carbonyl (C=O) groups is 1. The lowest BCUT2D eigenvalue weighted by molar-refractivity contribution is -0.870. The third-order valence-electron chi connectivity index (χ3n) is 12.7. The number of likely N-dealkylation sites (N-methyl/N-ethyl adjacent to an activating group) is 1. The number of carbonyl (C=O) groups excluding carboxylic acids is 1. The number of hydrogen-bond donors (Lipinski definition) is 3. The fourth-order valence-electron chi connectivity index (χ4n) is 8.10. The van der Waals surface area contributed by atoms with Crippen LogP contribution in [0.5, 0.6) is 0 Å². The lowest BCUT2D eigenvalue weighted by Gasteiger charge is -2.25. The van der Waals surface area contributed by atoms with Gasteiger partial charge in [-0.1, -0.05) is 252 Å². The number of aliphatic hydroxyl groups excluding tert-OH is 1. The molecular formula is C64H114N2O6P+. The highest BCUT2D eigenvalue weighted by atomic mass is 31.2. The molecule has 0 fully saturated rings. The Morgan fingerprint density at radius 2 is 0.836 bits per heavy atom. The number of unbranched alkanes of at least 4 members (excludes halogenated alkanes) is 24. The number of rotatable bonds is 53. The summed E-state index contributed by atoms with van der Waals surface area (Å²) in [4.78, 5) is 23.3. The largest absolute Gasteiger partial charge is 0.472 e. The van der Waals surface area contributed by atoms with E-state index in [1.807, 2.05) is 27.2 Å². The number of quaternary nitrogens is 1. The molecule has 0 aromatic heterocycles. The predicted molar refractivity (Wildman–Crippen MR) is 318 cm³/mol. The van der Waals surface area contributed by atoms with E-state index in [9.17, 15) is 19.4 Å². The van der Waals surface area contributed by atoms with Gasteiger partial charge in [0.25, 0.3) is 0 Å². The summed E-state index contributed by atoms with van der Waals surface area (Å²) in [6, 6.07) is -0.872. The van der Waals surface area contributed by atoms with Gasteiger partial charge in [0.15, 0.2) is 0 Å². The average Bonchev–Trinajstić information content (AvgIpc) is 3.35. The molecule has 73 heavy (non-hydrogen) atoms. The van der Waals surface area contributed by atoms with E-state index in [1.165, 1.54) is 135 Å². The van der Waals surface area contributed by atoms with Gasteiger partial charge >= 0.3 is 7.82 Å². The molecule has 8 nitrogen and oxygen atoms in total. The molecule has 0 aromatic carbocycles. The molecule has 420 valence electrons. The predicted octanol–water partition coefficient (Wildman–Crippen LogP) is 18.4. The van der Waals surface area contributed by atoms with Gasteiger partial charge in [-0.05, 0) is 89.9 Å². The van der Waals surface area contributed by atoms with Crippen LogP contribution in [0.15, 0.2) is 109 Å². The van der Waals surface area contributed by atoms with E-state index in [1.54, 1.807) is 6.08 Å². The first-order valence-corrected chi connectivity index (χ1v) is 31.3. The number of hydrogen-bond acceptors (Lipinski definition) is 5. The van der Waals surface area contributed by atoms with Gasteiger partial charge in [0, 0.05) is 6.42 Å². The summed E-state index contributed by atoms with van der Waals surface area (Å²) in [7, 11) is 1.54. The highest BCUT2D eigenvalue weighted by molar-refractivity contribution is 7.47. The second-order valence-electron chi connectivity index (χ2n) is 21.0. The Labute approximate surface area is 451 Å². The van der Waals surface area contributed by atoms with Crippen LogP contribution in [0.25, 0.3) is 0 Å². The smallest absolute Gasteiger partial charge is 0.387 e. The zero-order valence-corrected chi connectivity index (χ0v) is 48.7. The molecule has 0 rings (SSSR count). The van der Waals surface area contributed by atoms with Crippen molar-refractivity contribution < 1.29 is 32.9 Å². The molecule has 0 heterocycles. The van der Waals surface area contributed by atoms with E-state index < -0.39 is 20.0 Å². The van der Waals surface area contributed by atoms with Crippen LogP contribution in [0.4, 0.5) is 0 Å². The van der Waals surface area contributed by atoms with Crippen molar-refractivity contribution >= 4 is 13.7 Å². The average molecular weight is 1040 g/mol. The van der Waals surface area contributed by atoms with Crippen molar-refractivity contribution in [2.45, 2.75) is 251 Å². The highest BCUT2D eigenvalue weighted by Crippen LogP contribution is 2.43. The number of phosphoric ester groups is 1. The van der Waals surface area contributed by atoms with Gasteiger partial charge in [0.05, 0.1) is 39.9 Å². The molecule has 0 aromatic rings. The molecule has 1 amide bonds. The Hall–Kier alpha value is -2.84. The minimum atomic E-state index is -4.36. The van der Waals surface area contributed by atoms with Crippen molar-refractivity contribution in [3.63, 3.8) is 0 Å². The van der Waals surface area contributed by atoms with Crippen molar-refractivity contribution in [1.29, 1.82) is 0 Å². The molecule has 0 aliphatic carbocycles. The van der Waals surface area contributed by atoms with Crippen LogP contribution in [0.1, 0.15) is 239 Å². The molecule has 0 saturated carbocycles. The SMILES string of the molecule is CC/C=C\C/C=C\C/C=C\C/C=C\C/C=C\C/C=C\C/C=C\CCCCCCCCCCCCCC(=O)NC(COP(=O)(O)OCC[N+](C)(C)C)C(O)/C=C/CC/C=C/CCCCCCCCCCCCCC. The van der Waals surface area contributed by atoms with Gasteiger partial charge in [0.2, 0.25) is 5.91 Å². The van der Waals surface area contributed by atoms with E-state index >= 15 is 0 Å². The summed E-state index contributed by atoms with van der Waals surface area (Å²) in [5.74, 6) is -0.194. The third-order valence-corrected chi connectivity index (χ3v) is 13.7. The Morgan fingerprint density at radius 3 is 1.26 bits per heavy atom. The molecule has 9 heteroatoms. The molecule has 0 aliphatic rings. The van der Waals surface area contributed by atoms with Gasteiger partial charge < -0.3 is 19.8 Å². The van der Waals surface area contributed by atoms with E-state index in [0.717, 1.165) is 83.5 Å². The maximum atomic E-state index is 13.0. The molecule has 0 saturated heterocycles. The van der Waals surface area contributed by atoms with Crippen LogP contribution in [0.3, 0.4) is 0 Å². The molecule has 3 unspecified atom stereocenters. The summed E-state index contributed by atoms with van der Waals surface area (Å²) in [6.45, 7) is 4.68. The normalized spacial score (nSPS) is 14.7. The first kappa shape index (κ1) is 70.2. The van der Waals surface area contributed by atoms with Gasteiger partial charge in [-0.2, -0.15) is 0 Å². The van der Waals surface area contributed by atoms with Crippen LogP contribution in [0.2, 0.25) is 0 Å². The van der Waals surface area contributed by atoms with E-state index in [2.05, 4.69) is 116 Å². The van der Waals surface area contributed by atoms with Crippen LogP contribution in [-0.4, -0.2) is 73.4 Å². The number of aliphatic hydroxyl groups is 1. The van der Waals surface area contributed by atoms with Gasteiger partial charge in [0.1, 0.15) is 13.2 Å². The Balaban J connectivity index is 4.20. The molecule has 3 atom stereocenters. The van der Waals surface area contributed by atoms with E-state index in [0.29, 0.717) is 17.4 Å². The standard InChI is InChI=1S/C64H113N2O6P/c1-6-8-10-12-14-16-18-20-22-24-26-27-28-29-30-31-32-33-34-35-36-37-38-39-40-42-44-46-48-50-52-54-56-58-64(68)65-62(61-72-73(69,70)71-60-59-66(3,4)5)63(67)57-55-53-51-49-47-45-43-41-25-23-21-19-17-15-13-11-9-7-2/h8,10,14,16,20,22,26-27,29-30,32-33,35-36,47,49,55,57,62-63,67H,6-7,9,11-13,15,17-19,21,23-25,28,31,34,37-46,48,50-54,56,58-61H2,1-5H3,(H-,65,68,69,70)/p+1/b10-8-,16-14-,22-20-,27-26-,30-29-,33-32-,36-35-,49-47+,57-55+. The summed E-state index contributed by atoms with van der Waals surface area (Å²) in [5, 5.41) is 13.9. The molecule has 3 N–H and O–H groups in total. The van der Waals surface area contributed by atoms with Crippen molar-refractivity contribution in [2.75, 3.05) is 40.9 Å². The summed E-state index contributed by atoms with van der Waals surface area (Å²) >= 11 is 0. The van der Waals surface area contributed by atoms with E-state index in [-0.39, 0.29) is 19.1 Å². The molecule has 0 bridgehead atoms. The fraction of sp³-hybridized carbons (Fsp3) is 0.703. The van der Waals surface area contributed by atoms with Gasteiger partial charge in [-0.25, -0.2) is 4.57 Å². The van der Waals surface area contributed by atoms with Crippen molar-refractivity contribution in [2.24, 2.45) is 0 Å². The number of phosphoric acid groups is 1. The van der Waals surface area contributed by atoms with Crippen molar-refractivity contribution in [3.8, 4) is 0 Å². The van der Waals surface area contributed by atoms with Crippen LogP contribution in [-0.2, 0) is 18.4 Å². The quantitative estimate of drug-likeness (QED) is 0.0243. The number of amides is 1. The lowest BCUT2D eigenvalue weighted by atomic mass is 10.0. The lowest BCUT2D eigenvalue weighted by Crippen LogP contribution is -2.45. The molecular weight excluding hydrogens is 924 g/mol. The second kappa shape index (κ2) is 54.0. The van der Waals surface area contributed by atoms with Crippen LogP contribution >= 0.6 is 7.82 Å². The third kappa shape index (κ3) is 56.7. The maximum absolute atomic E-state index is 13.0. The zero-order chi connectivity index (χ0) is 53.5. The first-order valence-electron chi connectivity index (χ1n) is 29.8. The van der Waals surface area contributed by atoms with Crippen LogP contribution in [0, 0.1) is 0 Å². The summed E-state index contributed by atoms with van der Waals surface area (Å²) in [6.07, 6.45) is 79.1. The topological polar surface area (TPSA) is 105 Å². The molecule has 0 radical (unpaired) electrons. The second-order valence-corrected chi connectivity index (χ2v) is 22.4. The summed E-state index contributed by atoms with van der Waals surface area (Å²) < 4.78 is 23.7. The van der Waals surface area contributed by atoms with E-state index in [4.69, 9.17) is 9.05 Å². The van der Waals surface area contributed by atoms with Gasteiger partial charge in [-0.3, -0.25) is 13.8 Å². The van der Waals surface area contributed by atoms with Crippen molar-refractivity contribution in [3.05, 3.63) is 109 Å². The summed E-state index contributed by atoms with van der Waals surface area (Å²) in [5.41, 5.74) is 0. The highest BCUT2D eigenvalue weighted by Gasteiger charge is 2.27. The minimum Gasteiger partial charge on any atom is -0.387 e. The van der Waals surface area contributed by atoms with Crippen LogP contribution < -0.4 is 5.32 Å².